The molecule has 1 aliphatic heterocycles. The first-order valence-electron chi connectivity index (χ1n) is 11.0. The summed E-state index contributed by atoms with van der Waals surface area (Å²) in [6.07, 6.45) is 1.41. The third-order valence-electron chi connectivity index (χ3n) is 5.24. The van der Waals surface area contributed by atoms with E-state index in [9.17, 15) is 14.4 Å². The maximum Gasteiger partial charge on any atom is 0.336 e. The number of imide groups is 2. The van der Waals surface area contributed by atoms with Gasteiger partial charge in [-0.3, -0.25) is 14.9 Å². The highest BCUT2D eigenvalue weighted by Crippen LogP contribution is 2.33. The minimum absolute atomic E-state index is 0.199. The van der Waals surface area contributed by atoms with Crippen molar-refractivity contribution in [3.63, 3.8) is 0 Å². The monoisotopic (exact) mass is 472 g/mol. The van der Waals surface area contributed by atoms with Crippen LogP contribution in [0, 0.1) is 0 Å². The second-order valence-corrected chi connectivity index (χ2v) is 7.54. The number of amides is 4. The molecule has 0 aromatic heterocycles. The third kappa shape index (κ3) is 5.16. The molecule has 178 valence electrons. The highest BCUT2D eigenvalue weighted by atomic mass is 16.5. The van der Waals surface area contributed by atoms with Gasteiger partial charge in [0, 0.05) is 0 Å². The van der Waals surface area contributed by atoms with Crippen molar-refractivity contribution < 1.29 is 28.6 Å². The van der Waals surface area contributed by atoms with Gasteiger partial charge in [0.1, 0.15) is 17.9 Å². The van der Waals surface area contributed by atoms with Crippen LogP contribution in [0.2, 0.25) is 0 Å². The smallest absolute Gasteiger partial charge is 0.336 e. The molecule has 4 rings (SSSR count). The predicted octanol–water partition coefficient (Wildman–Crippen LogP) is 4.34. The number of ether oxygens (including phenoxy) is 3. The summed E-state index contributed by atoms with van der Waals surface area (Å²) < 4.78 is 16.9. The average molecular weight is 472 g/mol. The molecule has 1 aliphatic rings. The number of methoxy groups -OCH3 is 1. The summed E-state index contributed by atoms with van der Waals surface area (Å²) in [6.45, 7) is 2.46. The Balaban J connectivity index is 1.65. The van der Waals surface area contributed by atoms with Crippen LogP contribution in [0.4, 0.5) is 10.5 Å². The zero-order valence-corrected chi connectivity index (χ0v) is 19.3. The van der Waals surface area contributed by atoms with E-state index in [1.165, 1.54) is 13.2 Å². The highest BCUT2D eigenvalue weighted by Gasteiger charge is 2.38. The Bertz CT molecular complexity index is 1290. The van der Waals surface area contributed by atoms with E-state index in [2.05, 4.69) is 5.32 Å². The molecular formula is C27H24N2O6. The van der Waals surface area contributed by atoms with Gasteiger partial charge in [-0.05, 0) is 48.4 Å². The number of hydrogen-bond donors (Lipinski definition) is 1. The Kier molecular flexibility index (Phi) is 7.11. The SMILES string of the molecule is CCOc1ccccc1N1C(=O)NC(=O)/C(=C\c2ccc(OC)c(OCc3ccccc3)c2)C1=O. The van der Waals surface area contributed by atoms with Gasteiger partial charge in [0.05, 0.1) is 19.4 Å². The van der Waals surface area contributed by atoms with Crippen LogP contribution in [0.3, 0.4) is 0 Å². The number of hydrogen-bond acceptors (Lipinski definition) is 6. The molecule has 0 atom stereocenters. The van der Waals surface area contributed by atoms with Gasteiger partial charge >= 0.3 is 6.03 Å². The molecule has 8 heteroatoms. The average Bonchev–Trinajstić information content (AvgIpc) is 2.87. The van der Waals surface area contributed by atoms with E-state index in [0.717, 1.165) is 10.5 Å². The molecule has 0 spiro atoms. The third-order valence-corrected chi connectivity index (χ3v) is 5.24. The highest BCUT2D eigenvalue weighted by molar-refractivity contribution is 6.39. The fourth-order valence-electron chi connectivity index (χ4n) is 3.59. The fraction of sp³-hybridized carbons (Fsp3) is 0.148. The molecule has 0 saturated carbocycles. The number of anilines is 1. The van der Waals surface area contributed by atoms with Crippen LogP contribution in [0.5, 0.6) is 17.2 Å². The van der Waals surface area contributed by atoms with Gasteiger partial charge < -0.3 is 14.2 Å². The Labute approximate surface area is 202 Å². The molecular weight excluding hydrogens is 448 g/mol. The number of barbiturate groups is 1. The Morgan fingerprint density at radius 1 is 0.857 bits per heavy atom. The number of carbonyl (C=O) groups excluding carboxylic acids is 3. The second kappa shape index (κ2) is 10.6. The molecule has 3 aromatic carbocycles. The maximum absolute atomic E-state index is 13.3. The van der Waals surface area contributed by atoms with Gasteiger partial charge in [-0.25, -0.2) is 9.69 Å². The fourth-order valence-corrected chi connectivity index (χ4v) is 3.59. The zero-order chi connectivity index (χ0) is 24.8. The van der Waals surface area contributed by atoms with Crippen molar-refractivity contribution in [1.29, 1.82) is 0 Å². The number of para-hydroxylation sites is 2. The summed E-state index contributed by atoms with van der Waals surface area (Å²) in [5.74, 6) is -0.233. The van der Waals surface area contributed by atoms with Crippen molar-refractivity contribution in [1.82, 2.24) is 5.32 Å². The Hall–Kier alpha value is -4.59. The first-order chi connectivity index (χ1) is 17.0. The topological polar surface area (TPSA) is 94.2 Å². The lowest BCUT2D eigenvalue weighted by Gasteiger charge is -2.27. The van der Waals surface area contributed by atoms with E-state index in [1.54, 1.807) is 49.4 Å². The van der Waals surface area contributed by atoms with Crippen LogP contribution in [0.25, 0.3) is 6.08 Å². The summed E-state index contributed by atoms with van der Waals surface area (Å²) in [4.78, 5) is 39.4. The molecule has 8 nitrogen and oxygen atoms in total. The largest absolute Gasteiger partial charge is 0.493 e. The molecule has 1 N–H and O–H groups in total. The quantitative estimate of drug-likeness (QED) is 0.387. The molecule has 1 heterocycles. The molecule has 4 amide bonds. The normalized spacial score (nSPS) is 14.6. The van der Waals surface area contributed by atoms with E-state index >= 15 is 0 Å². The maximum atomic E-state index is 13.3. The van der Waals surface area contributed by atoms with Gasteiger partial charge in [0.15, 0.2) is 11.5 Å². The predicted molar refractivity (Wildman–Crippen MR) is 130 cm³/mol. The minimum atomic E-state index is -0.842. The van der Waals surface area contributed by atoms with E-state index < -0.39 is 17.8 Å². The van der Waals surface area contributed by atoms with Crippen LogP contribution in [-0.2, 0) is 16.2 Å². The zero-order valence-electron chi connectivity index (χ0n) is 19.3. The second-order valence-electron chi connectivity index (χ2n) is 7.54. The number of benzene rings is 3. The van der Waals surface area contributed by atoms with E-state index in [4.69, 9.17) is 14.2 Å². The van der Waals surface area contributed by atoms with Gasteiger partial charge in [-0.1, -0.05) is 48.5 Å². The Morgan fingerprint density at radius 3 is 2.34 bits per heavy atom. The Morgan fingerprint density at radius 2 is 1.60 bits per heavy atom. The summed E-state index contributed by atoms with van der Waals surface area (Å²) in [6, 6.07) is 20.5. The lowest BCUT2D eigenvalue weighted by atomic mass is 10.1. The standard InChI is InChI=1S/C27H24N2O6/c1-3-34-22-12-8-7-11-21(22)29-26(31)20(25(30)28-27(29)32)15-19-13-14-23(33-2)24(16-19)35-17-18-9-5-4-6-10-18/h4-16H,3,17H2,1-2H3,(H,28,30,32)/b20-15+. The van der Waals surface area contributed by atoms with Crippen molar-refractivity contribution in [2.45, 2.75) is 13.5 Å². The van der Waals surface area contributed by atoms with E-state index in [-0.39, 0.29) is 11.3 Å². The van der Waals surface area contributed by atoms with Crippen LogP contribution in [-0.4, -0.2) is 31.6 Å². The van der Waals surface area contributed by atoms with Gasteiger partial charge in [0.25, 0.3) is 11.8 Å². The molecule has 0 unspecified atom stereocenters. The number of carbonyl (C=O) groups is 3. The molecule has 1 fully saturated rings. The summed E-state index contributed by atoms with van der Waals surface area (Å²) in [5.41, 5.74) is 1.55. The number of urea groups is 1. The summed E-state index contributed by atoms with van der Waals surface area (Å²) >= 11 is 0. The number of rotatable bonds is 8. The van der Waals surface area contributed by atoms with Gasteiger partial charge in [0.2, 0.25) is 0 Å². The van der Waals surface area contributed by atoms with Gasteiger partial charge in [-0.2, -0.15) is 0 Å². The molecule has 0 radical (unpaired) electrons. The molecule has 1 saturated heterocycles. The van der Waals surface area contributed by atoms with Crippen molar-refractivity contribution in [3.05, 3.63) is 89.5 Å². The minimum Gasteiger partial charge on any atom is -0.493 e. The van der Waals surface area contributed by atoms with E-state index in [1.807, 2.05) is 30.3 Å². The lowest BCUT2D eigenvalue weighted by molar-refractivity contribution is -0.122. The van der Waals surface area contributed by atoms with Crippen molar-refractivity contribution >= 4 is 29.6 Å². The van der Waals surface area contributed by atoms with Crippen molar-refractivity contribution in [3.8, 4) is 17.2 Å². The van der Waals surface area contributed by atoms with Crippen LogP contribution in [0.15, 0.2) is 78.4 Å². The van der Waals surface area contributed by atoms with Gasteiger partial charge in [-0.15, -0.1) is 0 Å². The van der Waals surface area contributed by atoms with Crippen molar-refractivity contribution in [2.75, 3.05) is 18.6 Å². The van der Waals surface area contributed by atoms with Crippen LogP contribution in [0.1, 0.15) is 18.1 Å². The molecule has 0 aliphatic carbocycles. The van der Waals surface area contributed by atoms with Crippen LogP contribution >= 0.6 is 0 Å². The lowest BCUT2D eigenvalue weighted by Crippen LogP contribution is -2.54. The summed E-state index contributed by atoms with van der Waals surface area (Å²) in [7, 11) is 1.53. The van der Waals surface area contributed by atoms with E-state index in [0.29, 0.717) is 36.0 Å². The first-order valence-corrected chi connectivity index (χ1v) is 11.0. The molecule has 3 aromatic rings. The first kappa shape index (κ1) is 23.6. The number of nitrogens with zero attached hydrogens (tertiary/aromatic N) is 1. The van der Waals surface area contributed by atoms with Crippen LogP contribution < -0.4 is 24.4 Å². The number of nitrogens with one attached hydrogen (secondary N) is 1. The molecule has 35 heavy (non-hydrogen) atoms. The van der Waals surface area contributed by atoms with Crippen molar-refractivity contribution in [2.24, 2.45) is 0 Å². The molecule has 0 bridgehead atoms. The summed E-state index contributed by atoms with van der Waals surface area (Å²) in [5, 5.41) is 2.23.